The van der Waals surface area contributed by atoms with E-state index >= 15 is 0 Å². The molecule has 2 heterocycles. The molecule has 0 unspecified atom stereocenters. The van der Waals surface area contributed by atoms with Gasteiger partial charge in [0.05, 0.1) is 16.3 Å². The highest BCUT2D eigenvalue weighted by molar-refractivity contribution is 8.26. The molecule has 1 aromatic heterocycles. The summed E-state index contributed by atoms with van der Waals surface area (Å²) < 4.78 is 0.578. The van der Waals surface area contributed by atoms with Crippen molar-refractivity contribution in [2.75, 3.05) is 11.4 Å². The first kappa shape index (κ1) is 20.7. The van der Waals surface area contributed by atoms with E-state index in [2.05, 4.69) is 4.98 Å². The zero-order chi connectivity index (χ0) is 20.4. The van der Waals surface area contributed by atoms with Gasteiger partial charge < -0.3 is 0 Å². The first-order valence-electron chi connectivity index (χ1n) is 8.91. The molecule has 0 spiro atoms. The Bertz CT molecular complexity index is 981. The van der Waals surface area contributed by atoms with Crippen LogP contribution in [0.25, 0.3) is 6.08 Å². The van der Waals surface area contributed by atoms with Crippen molar-refractivity contribution >= 4 is 68.3 Å². The van der Waals surface area contributed by atoms with E-state index in [1.54, 1.807) is 15.9 Å². The molecule has 1 aliphatic rings. The summed E-state index contributed by atoms with van der Waals surface area (Å²) in [4.78, 5) is 33.3. The predicted molar refractivity (Wildman–Crippen MR) is 121 cm³/mol. The smallest absolute Gasteiger partial charge is 0.266 e. The van der Waals surface area contributed by atoms with Crippen LogP contribution in [-0.2, 0) is 9.59 Å². The van der Waals surface area contributed by atoms with Crippen LogP contribution in [0.15, 0.2) is 28.5 Å². The van der Waals surface area contributed by atoms with Crippen LogP contribution in [0.3, 0.4) is 0 Å². The van der Waals surface area contributed by atoms with Gasteiger partial charge in [-0.2, -0.15) is 0 Å². The summed E-state index contributed by atoms with van der Waals surface area (Å²) in [5, 5.41) is 2.43. The molecule has 1 aliphatic heterocycles. The van der Waals surface area contributed by atoms with Gasteiger partial charge in [-0.15, -0.1) is 11.3 Å². The third kappa shape index (κ3) is 4.04. The van der Waals surface area contributed by atoms with Crippen LogP contribution in [-0.4, -0.2) is 32.6 Å². The lowest BCUT2D eigenvalue weighted by Crippen LogP contribution is -2.28. The normalized spacial score (nSPS) is 15.6. The van der Waals surface area contributed by atoms with E-state index in [1.807, 2.05) is 44.4 Å². The third-order valence-electron chi connectivity index (χ3n) is 4.43. The fraction of sp³-hybridized carbons (Fsp3) is 0.300. The molecule has 28 heavy (non-hydrogen) atoms. The maximum absolute atomic E-state index is 12.5. The predicted octanol–water partition coefficient (Wildman–Crippen LogP) is 5.06. The van der Waals surface area contributed by atoms with Gasteiger partial charge in [-0.3, -0.25) is 19.4 Å². The molecule has 0 bridgehead atoms. The van der Waals surface area contributed by atoms with Gasteiger partial charge in [0.25, 0.3) is 5.91 Å². The minimum Gasteiger partial charge on any atom is -0.293 e. The molecule has 5 nitrogen and oxygen atoms in total. The summed E-state index contributed by atoms with van der Waals surface area (Å²) in [6, 6.07) is 5.87. The lowest BCUT2D eigenvalue weighted by molar-refractivity contribution is -0.122. The van der Waals surface area contributed by atoms with Gasteiger partial charge in [-0.25, -0.2) is 4.98 Å². The van der Waals surface area contributed by atoms with E-state index in [0.717, 1.165) is 23.2 Å². The van der Waals surface area contributed by atoms with E-state index in [-0.39, 0.29) is 11.8 Å². The Hall–Kier alpha value is -2.03. The zero-order valence-electron chi connectivity index (χ0n) is 16.2. The maximum Gasteiger partial charge on any atom is 0.266 e. The molecular formula is C20H21N3O2S3. The van der Waals surface area contributed by atoms with Gasteiger partial charge in [0, 0.05) is 18.8 Å². The molecule has 0 N–H and O–H groups in total. The Morgan fingerprint density at radius 2 is 2.11 bits per heavy atom. The van der Waals surface area contributed by atoms with E-state index in [9.17, 15) is 9.59 Å². The number of hydrogen-bond acceptors (Lipinski definition) is 6. The van der Waals surface area contributed by atoms with Crippen LogP contribution in [0.1, 0.15) is 37.1 Å². The fourth-order valence-electron chi connectivity index (χ4n) is 2.88. The average molecular weight is 432 g/mol. The molecule has 1 aromatic carbocycles. The fourth-order valence-corrected chi connectivity index (χ4v) is 5.01. The summed E-state index contributed by atoms with van der Waals surface area (Å²) in [6.45, 7) is 8.17. The molecule has 2 aromatic rings. The van der Waals surface area contributed by atoms with E-state index in [4.69, 9.17) is 12.2 Å². The number of hydrogen-bond donors (Lipinski definition) is 0. The number of carbonyl (C=O) groups is 2. The van der Waals surface area contributed by atoms with Crippen LogP contribution in [0.4, 0.5) is 10.8 Å². The van der Waals surface area contributed by atoms with Crippen LogP contribution >= 0.6 is 35.3 Å². The van der Waals surface area contributed by atoms with Crippen molar-refractivity contribution in [2.24, 2.45) is 0 Å². The van der Waals surface area contributed by atoms with Crippen molar-refractivity contribution in [3.05, 3.63) is 45.3 Å². The molecule has 8 heteroatoms. The van der Waals surface area contributed by atoms with Gasteiger partial charge >= 0.3 is 0 Å². The van der Waals surface area contributed by atoms with Crippen molar-refractivity contribution in [1.82, 2.24) is 9.88 Å². The summed E-state index contributed by atoms with van der Waals surface area (Å²) in [5.41, 5.74) is 3.62. The number of carbonyl (C=O) groups excluding carboxylic acids is 2. The number of thiocarbonyl (C=S) groups is 1. The molecule has 1 saturated heterocycles. The first-order chi connectivity index (χ1) is 13.3. The minimum absolute atomic E-state index is 0.0793. The third-order valence-corrected chi connectivity index (χ3v) is 6.65. The zero-order valence-corrected chi connectivity index (χ0v) is 18.6. The Kier molecular flexibility index (Phi) is 6.32. The summed E-state index contributed by atoms with van der Waals surface area (Å²) >= 11 is 7.97. The molecular weight excluding hydrogens is 410 g/mol. The quantitative estimate of drug-likeness (QED) is 0.489. The lowest BCUT2D eigenvalue weighted by Gasteiger charge is -2.21. The number of rotatable bonds is 5. The minimum atomic E-state index is -0.108. The summed E-state index contributed by atoms with van der Waals surface area (Å²) in [5.74, 6) is -0.187. The second-order valence-corrected chi connectivity index (χ2v) is 8.97. The number of thiazole rings is 1. The number of thioether (sulfide) groups is 1. The van der Waals surface area contributed by atoms with Gasteiger partial charge in [0.15, 0.2) is 5.13 Å². The summed E-state index contributed by atoms with van der Waals surface area (Å²) in [6.07, 6.45) is 2.60. The molecule has 146 valence electrons. The van der Waals surface area contributed by atoms with E-state index < -0.39 is 0 Å². The summed E-state index contributed by atoms with van der Waals surface area (Å²) in [7, 11) is 0. The number of aryl methyl sites for hydroxylation is 1. The van der Waals surface area contributed by atoms with Crippen LogP contribution < -0.4 is 4.90 Å². The number of anilines is 2. The number of nitrogens with zero attached hydrogens (tertiary/aromatic N) is 3. The van der Waals surface area contributed by atoms with Gasteiger partial charge in [-0.1, -0.05) is 43.0 Å². The number of amides is 2. The van der Waals surface area contributed by atoms with Crippen molar-refractivity contribution in [1.29, 1.82) is 0 Å². The van der Waals surface area contributed by atoms with Crippen LogP contribution in [0.2, 0.25) is 0 Å². The monoisotopic (exact) mass is 431 g/mol. The molecule has 0 aliphatic carbocycles. The highest BCUT2D eigenvalue weighted by atomic mass is 32.2. The Balaban J connectivity index is 1.92. The molecule has 0 saturated carbocycles. The molecule has 0 atom stereocenters. The molecule has 2 amide bonds. The second kappa shape index (κ2) is 8.55. The molecule has 1 fully saturated rings. The van der Waals surface area contributed by atoms with Crippen molar-refractivity contribution < 1.29 is 9.59 Å². The highest BCUT2D eigenvalue weighted by Crippen LogP contribution is 2.35. The number of benzene rings is 1. The van der Waals surface area contributed by atoms with E-state index in [1.165, 1.54) is 30.0 Å². The molecule has 3 rings (SSSR count). The van der Waals surface area contributed by atoms with Gasteiger partial charge in [0.2, 0.25) is 5.91 Å². The van der Waals surface area contributed by atoms with Crippen molar-refractivity contribution in [2.45, 2.75) is 34.1 Å². The Morgan fingerprint density at radius 1 is 1.36 bits per heavy atom. The largest absolute Gasteiger partial charge is 0.293 e. The number of aromatic nitrogens is 1. The highest BCUT2D eigenvalue weighted by Gasteiger charge is 2.31. The van der Waals surface area contributed by atoms with Gasteiger partial charge in [0.1, 0.15) is 4.32 Å². The lowest BCUT2D eigenvalue weighted by atomic mass is 10.1. The molecule has 0 radical (unpaired) electrons. The average Bonchev–Trinajstić information content (AvgIpc) is 3.19. The second-order valence-electron chi connectivity index (χ2n) is 6.46. The standard InChI is InChI=1S/C20H21N3O2S3/c1-5-9-22-18(25)17(28-20(22)26)10-15-11-27-19(21-15)23(14(4)24)16-8-6-7-12(2)13(16)3/h6-8,10-11H,5,9H2,1-4H3/b17-10+. The van der Waals surface area contributed by atoms with E-state index in [0.29, 0.717) is 26.6 Å². The van der Waals surface area contributed by atoms with Crippen molar-refractivity contribution in [3.63, 3.8) is 0 Å². The maximum atomic E-state index is 12.5. The first-order valence-corrected chi connectivity index (χ1v) is 11.0. The Morgan fingerprint density at radius 3 is 2.79 bits per heavy atom. The topological polar surface area (TPSA) is 53.5 Å². The Labute approximate surface area is 178 Å². The van der Waals surface area contributed by atoms with Gasteiger partial charge in [-0.05, 0) is 43.5 Å². The SMILES string of the molecule is CCCN1C(=O)/C(=C\c2csc(N(C(C)=O)c3cccc(C)c3C)n2)SC1=S. The van der Waals surface area contributed by atoms with Crippen molar-refractivity contribution in [3.8, 4) is 0 Å². The van der Waals surface area contributed by atoms with Crippen LogP contribution in [0.5, 0.6) is 0 Å². The van der Waals surface area contributed by atoms with Crippen LogP contribution in [0, 0.1) is 13.8 Å².